The highest BCUT2D eigenvalue weighted by molar-refractivity contribution is 8.26. The summed E-state index contributed by atoms with van der Waals surface area (Å²) < 4.78 is 11.4. The number of amides is 1. The van der Waals surface area contributed by atoms with Crippen LogP contribution in [0.2, 0.25) is 0 Å². The lowest BCUT2D eigenvalue weighted by molar-refractivity contribution is -0.122. The second kappa shape index (κ2) is 8.98. The first kappa shape index (κ1) is 18.6. The average molecular weight is 386 g/mol. The van der Waals surface area contributed by atoms with Gasteiger partial charge in [-0.25, -0.2) is 0 Å². The van der Waals surface area contributed by atoms with E-state index in [1.54, 1.807) is 12.0 Å². The summed E-state index contributed by atoms with van der Waals surface area (Å²) in [5, 5.41) is 0. The van der Waals surface area contributed by atoms with Gasteiger partial charge in [-0.05, 0) is 29.3 Å². The molecule has 1 heterocycles. The number of hydrogen-bond donors (Lipinski definition) is 0. The highest BCUT2D eigenvalue weighted by Crippen LogP contribution is 2.32. The molecule has 0 aromatic heterocycles. The highest BCUT2D eigenvalue weighted by Gasteiger charge is 2.31. The Labute approximate surface area is 162 Å². The zero-order valence-corrected chi connectivity index (χ0v) is 16.0. The summed E-state index contributed by atoms with van der Waals surface area (Å²) in [7, 11) is 1.61. The molecule has 134 valence electrons. The van der Waals surface area contributed by atoms with Crippen LogP contribution in [-0.2, 0) is 16.1 Å². The summed E-state index contributed by atoms with van der Waals surface area (Å²) in [6, 6.07) is 17.7. The van der Waals surface area contributed by atoms with Gasteiger partial charge in [0.15, 0.2) is 0 Å². The minimum Gasteiger partial charge on any atom is -0.489 e. The number of methoxy groups -OCH3 is 1. The van der Waals surface area contributed by atoms with Crippen LogP contribution in [-0.4, -0.2) is 35.4 Å². The predicted molar refractivity (Wildman–Crippen MR) is 109 cm³/mol. The van der Waals surface area contributed by atoms with E-state index in [4.69, 9.17) is 21.7 Å². The van der Waals surface area contributed by atoms with Crippen molar-refractivity contribution in [2.75, 3.05) is 20.3 Å². The molecule has 0 aliphatic carbocycles. The van der Waals surface area contributed by atoms with Crippen molar-refractivity contribution in [2.45, 2.75) is 6.61 Å². The van der Waals surface area contributed by atoms with Crippen LogP contribution >= 0.6 is 24.0 Å². The fourth-order valence-electron chi connectivity index (χ4n) is 2.43. The Morgan fingerprint density at radius 2 is 1.85 bits per heavy atom. The van der Waals surface area contributed by atoms with E-state index in [2.05, 4.69) is 0 Å². The van der Waals surface area contributed by atoms with Crippen molar-refractivity contribution in [1.29, 1.82) is 0 Å². The second-order valence-electron chi connectivity index (χ2n) is 5.67. The van der Waals surface area contributed by atoms with Gasteiger partial charge in [0.1, 0.15) is 16.7 Å². The van der Waals surface area contributed by atoms with Crippen molar-refractivity contribution in [2.24, 2.45) is 0 Å². The maximum Gasteiger partial charge on any atom is 0.266 e. The fraction of sp³-hybridized carbons (Fsp3) is 0.200. The first-order chi connectivity index (χ1) is 12.7. The lowest BCUT2D eigenvalue weighted by Gasteiger charge is -2.12. The predicted octanol–water partition coefficient (Wildman–Crippen LogP) is 4.11. The lowest BCUT2D eigenvalue weighted by Crippen LogP contribution is -2.31. The molecular weight excluding hydrogens is 366 g/mol. The van der Waals surface area contributed by atoms with Gasteiger partial charge in [-0.2, -0.15) is 0 Å². The van der Waals surface area contributed by atoms with Gasteiger partial charge in [-0.1, -0.05) is 66.4 Å². The largest absolute Gasteiger partial charge is 0.489 e. The van der Waals surface area contributed by atoms with Crippen LogP contribution in [0.15, 0.2) is 59.5 Å². The number of thioether (sulfide) groups is 1. The van der Waals surface area contributed by atoms with Gasteiger partial charge < -0.3 is 9.47 Å². The first-order valence-corrected chi connectivity index (χ1v) is 9.41. The molecule has 2 aromatic carbocycles. The van der Waals surface area contributed by atoms with Gasteiger partial charge in [-0.15, -0.1) is 0 Å². The monoisotopic (exact) mass is 385 g/mol. The molecular formula is C20H19NO3S2. The van der Waals surface area contributed by atoms with Crippen molar-refractivity contribution in [3.05, 3.63) is 70.6 Å². The molecule has 1 aliphatic rings. The van der Waals surface area contributed by atoms with Crippen molar-refractivity contribution in [3.63, 3.8) is 0 Å². The standard InChI is InChI=1S/C20H19NO3S2/c1-23-12-11-21-19(22)18(26-20(21)25)13-15-7-9-17(10-8-15)24-14-16-5-3-2-4-6-16/h2-10,13H,11-12,14H2,1H3/b18-13-. The maximum atomic E-state index is 12.4. The zero-order chi connectivity index (χ0) is 18.4. The van der Waals surface area contributed by atoms with Crippen LogP contribution in [0, 0.1) is 0 Å². The molecule has 0 N–H and O–H groups in total. The van der Waals surface area contributed by atoms with Crippen LogP contribution in [0.5, 0.6) is 5.75 Å². The maximum absolute atomic E-state index is 12.4. The van der Waals surface area contributed by atoms with Gasteiger partial charge in [0, 0.05) is 7.11 Å². The van der Waals surface area contributed by atoms with E-state index in [1.807, 2.05) is 60.7 Å². The SMILES string of the molecule is COCCN1C(=O)/C(=C/c2ccc(OCc3ccccc3)cc2)SC1=S. The van der Waals surface area contributed by atoms with Crippen LogP contribution in [0.3, 0.4) is 0 Å². The van der Waals surface area contributed by atoms with E-state index in [0.717, 1.165) is 16.9 Å². The third-order valence-electron chi connectivity index (χ3n) is 3.82. The van der Waals surface area contributed by atoms with Gasteiger partial charge >= 0.3 is 0 Å². The quantitative estimate of drug-likeness (QED) is 0.530. The summed E-state index contributed by atoms with van der Waals surface area (Å²) in [5.74, 6) is 0.722. The third-order valence-corrected chi connectivity index (χ3v) is 5.20. The summed E-state index contributed by atoms with van der Waals surface area (Å²) >= 11 is 6.60. The van der Waals surface area contributed by atoms with Gasteiger partial charge in [-0.3, -0.25) is 9.69 Å². The first-order valence-electron chi connectivity index (χ1n) is 8.18. The molecule has 0 bridgehead atoms. The lowest BCUT2D eigenvalue weighted by atomic mass is 10.2. The number of benzene rings is 2. The molecule has 2 aromatic rings. The Kier molecular flexibility index (Phi) is 6.44. The third kappa shape index (κ3) is 4.72. The molecule has 0 radical (unpaired) electrons. The molecule has 4 nitrogen and oxygen atoms in total. The molecule has 0 unspecified atom stereocenters. The van der Waals surface area contributed by atoms with Crippen LogP contribution in [0.25, 0.3) is 6.08 Å². The van der Waals surface area contributed by atoms with E-state index < -0.39 is 0 Å². The zero-order valence-electron chi connectivity index (χ0n) is 14.4. The Morgan fingerprint density at radius 1 is 1.12 bits per heavy atom. The van der Waals surface area contributed by atoms with Crippen molar-refractivity contribution in [3.8, 4) is 5.75 Å². The van der Waals surface area contributed by atoms with Gasteiger partial charge in [0.2, 0.25) is 0 Å². The molecule has 1 amide bonds. The number of ether oxygens (including phenoxy) is 2. The van der Waals surface area contributed by atoms with Crippen molar-refractivity contribution >= 4 is 40.3 Å². The van der Waals surface area contributed by atoms with Gasteiger partial charge in [0.05, 0.1) is 18.1 Å². The molecule has 1 fully saturated rings. The van der Waals surface area contributed by atoms with E-state index in [-0.39, 0.29) is 5.91 Å². The normalized spacial score (nSPS) is 15.7. The molecule has 0 saturated carbocycles. The average Bonchev–Trinajstić information content (AvgIpc) is 2.93. The van der Waals surface area contributed by atoms with Gasteiger partial charge in [0.25, 0.3) is 5.91 Å². The number of nitrogens with zero attached hydrogens (tertiary/aromatic N) is 1. The molecule has 3 rings (SSSR count). The highest BCUT2D eigenvalue weighted by atomic mass is 32.2. The topological polar surface area (TPSA) is 38.8 Å². The van der Waals surface area contributed by atoms with Crippen molar-refractivity contribution in [1.82, 2.24) is 4.90 Å². The minimum atomic E-state index is -0.0681. The van der Waals surface area contributed by atoms with Crippen molar-refractivity contribution < 1.29 is 14.3 Å². The molecule has 26 heavy (non-hydrogen) atoms. The smallest absolute Gasteiger partial charge is 0.266 e. The minimum absolute atomic E-state index is 0.0681. The molecule has 0 atom stereocenters. The van der Waals surface area contributed by atoms with Crippen LogP contribution < -0.4 is 4.74 Å². The van der Waals surface area contributed by atoms with E-state index in [9.17, 15) is 4.79 Å². The van der Waals surface area contributed by atoms with E-state index in [0.29, 0.717) is 29.0 Å². The number of carbonyl (C=O) groups excluding carboxylic acids is 1. The second-order valence-corrected chi connectivity index (χ2v) is 7.35. The Balaban J connectivity index is 1.62. The number of thiocarbonyl (C=S) groups is 1. The molecule has 6 heteroatoms. The fourth-order valence-corrected chi connectivity index (χ4v) is 3.74. The number of hydrogen-bond acceptors (Lipinski definition) is 5. The Bertz CT molecular complexity index is 804. The number of rotatable bonds is 7. The van der Waals surface area contributed by atoms with E-state index >= 15 is 0 Å². The van der Waals surface area contributed by atoms with E-state index in [1.165, 1.54) is 11.8 Å². The summed E-state index contributed by atoms with van der Waals surface area (Å²) in [4.78, 5) is 14.6. The summed E-state index contributed by atoms with van der Waals surface area (Å²) in [5.41, 5.74) is 2.06. The summed E-state index contributed by atoms with van der Waals surface area (Å²) in [6.45, 7) is 1.47. The number of carbonyl (C=O) groups is 1. The van der Waals surface area contributed by atoms with Crippen LogP contribution in [0.4, 0.5) is 0 Å². The Morgan fingerprint density at radius 3 is 2.54 bits per heavy atom. The van der Waals surface area contributed by atoms with Crippen LogP contribution in [0.1, 0.15) is 11.1 Å². The molecule has 1 aliphatic heterocycles. The molecule has 1 saturated heterocycles. The Hall–Kier alpha value is -2.15. The molecule has 0 spiro atoms. The summed E-state index contributed by atoms with van der Waals surface area (Å²) in [6.07, 6.45) is 1.85.